The third-order valence-electron chi connectivity index (χ3n) is 3.05. The number of amides is 1. The van der Waals surface area contributed by atoms with E-state index in [-0.39, 0.29) is 11.9 Å². The Kier molecular flexibility index (Phi) is 3.69. The van der Waals surface area contributed by atoms with Crippen molar-refractivity contribution in [3.05, 3.63) is 34.3 Å². The number of rotatable bonds is 1. The van der Waals surface area contributed by atoms with Crippen molar-refractivity contribution in [2.75, 3.05) is 19.6 Å². The maximum atomic E-state index is 12.4. The molecule has 1 amide bonds. The van der Waals surface area contributed by atoms with Gasteiger partial charge in [0.2, 0.25) is 0 Å². The van der Waals surface area contributed by atoms with Gasteiger partial charge in [-0.05, 0) is 37.6 Å². The van der Waals surface area contributed by atoms with E-state index in [0.717, 1.165) is 25.2 Å². The van der Waals surface area contributed by atoms with Crippen LogP contribution in [0.1, 0.15) is 22.8 Å². The normalized spacial score (nSPS) is 20.4. The SMILES string of the molecule is Cc1cc(Cl)cc(C(=O)N2CCNCC2C)c1. The van der Waals surface area contributed by atoms with E-state index < -0.39 is 0 Å². The van der Waals surface area contributed by atoms with Crippen LogP contribution in [-0.2, 0) is 0 Å². The highest BCUT2D eigenvalue weighted by molar-refractivity contribution is 6.31. The van der Waals surface area contributed by atoms with Crippen LogP contribution >= 0.6 is 11.6 Å². The molecule has 1 atom stereocenters. The Bertz CT molecular complexity index is 413. The van der Waals surface area contributed by atoms with Crippen LogP contribution in [0.4, 0.5) is 0 Å². The van der Waals surface area contributed by atoms with Gasteiger partial charge in [0.1, 0.15) is 0 Å². The molecular formula is C13H17ClN2O. The van der Waals surface area contributed by atoms with Crippen LogP contribution in [0, 0.1) is 6.92 Å². The van der Waals surface area contributed by atoms with Crippen LogP contribution in [-0.4, -0.2) is 36.5 Å². The lowest BCUT2D eigenvalue weighted by Gasteiger charge is -2.34. The van der Waals surface area contributed by atoms with Gasteiger partial charge in [0.05, 0.1) is 0 Å². The molecule has 17 heavy (non-hydrogen) atoms. The van der Waals surface area contributed by atoms with Crippen molar-refractivity contribution < 1.29 is 4.79 Å². The second kappa shape index (κ2) is 5.07. The van der Waals surface area contributed by atoms with Crippen LogP contribution in [0.3, 0.4) is 0 Å². The number of benzene rings is 1. The third-order valence-corrected chi connectivity index (χ3v) is 3.27. The molecule has 2 rings (SSSR count). The Labute approximate surface area is 107 Å². The molecule has 1 aliphatic heterocycles. The summed E-state index contributed by atoms with van der Waals surface area (Å²) in [5.41, 5.74) is 1.70. The van der Waals surface area contributed by atoms with Gasteiger partial charge in [0.15, 0.2) is 0 Å². The molecule has 1 saturated heterocycles. The molecule has 1 N–H and O–H groups in total. The van der Waals surface area contributed by atoms with Crippen molar-refractivity contribution in [1.29, 1.82) is 0 Å². The first-order chi connectivity index (χ1) is 8.08. The Morgan fingerprint density at radius 1 is 1.47 bits per heavy atom. The minimum absolute atomic E-state index is 0.0737. The zero-order valence-electron chi connectivity index (χ0n) is 10.2. The second-order valence-electron chi connectivity index (χ2n) is 4.57. The highest BCUT2D eigenvalue weighted by Gasteiger charge is 2.24. The molecule has 1 aliphatic rings. The Hall–Kier alpha value is -1.06. The quantitative estimate of drug-likeness (QED) is 0.830. The van der Waals surface area contributed by atoms with Gasteiger partial charge in [-0.1, -0.05) is 11.6 Å². The van der Waals surface area contributed by atoms with Gasteiger partial charge >= 0.3 is 0 Å². The summed E-state index contributed by atoms with van der Waals surface area (Å²) >= 11 is 5.99. The van der Waals surface area contributed by atoms with E-state index in [0.29, 0.717) is 10.6 Å². The van der Waals surface area contributed by atoms with Crippen LogP contribution in [0.2, 0.25) is 5.02 Å². The van der Waals surface area contributed by atoms with E-state index >= 15 is 0 Å². The van der Waals surface area contributed by atoms with Crippen molar-refractivity contribution in [3.63, 3.8) is 0 Å². The molecule has 4 heteroatoms. The molecule has 1 fully saturated rings. The highest BCUT2D eigenvalue weighted by atomic mass is 35.5. The summed E-state index contributed by atoms with van der Waals surface area (Å²) in [5, 5.41) is 3.90. The zero-order valence-corrected chi connectivity index (χ0v) is 10.9. The van der Waals surface area contributed by atoms with Gasteiger partial charge in [-0.15, -0.1) is 0 Å². The van der Waals surface area contributed by atoms with E-state index in [2.05, 4.69) is 12.2 Å². The molecule has 1 aromatic rings. The first-order valence-corrected chi connectivity index (χ1v) is 6.24. The molecule has 0 spiro atoms. The van der Waals surface area contributed by atoms with Crippen LogP contribution < -0.4 is 5.32 Å². The topological polar surface area (TPSA) is 32.3 Å². The standard InChI is InChI=1S/C13H17ClN2O/c1-9-5-11(7-12(14)6-9)13(17)16-4-3-15-8-10(16)2/h5-7,10,15H,3-4,8H2,1-2H3. The maximum Gasteiger partial charge on any atom is 0.254 e. The van der Waals surface area contributed by atoms with Crippen molar-refractivity contribution in [3.8, 4) is 0 Å². The summed E-state index contributed by atoms with van der Waals surface area (Å²) in [7, 11) is 0. The number of halogens is 1. The lowest BCUT2D eigenvalue weighted by molar-refractivity contribution is 0.0655. The first kappa shape index (κ1) is 12.4. The summed E-state index contributed by atoms with van der Waals surface area (Å²) in [5.74, 6) is 0.0737. The number of nitrogens with zero attached hydrogens (tertiary/aromatic N) is 1. The molecule has 1 unspecified atom stereocenters. The minimum atomic E-state index is 0.0737. The summed E-state index contributed by atoms with van der Waals surface area (Å²) in [6.45, 7) is 6.47. The van der Waals surface area contributed by atoms with Gasteiger partial charge in [-0.25, -0.2) is 0 Å². The predicted octanol–water partition coefficient (Wildman–Crippen LogP) is 2.08. The average molecular weight is 253 g/mol. The number of carbonyl (C=O) groups is 1. The number of hydrogen-bond acceptors (Lipinski definition) is 2. The molecule has 92 valence electrons. The van der Waals surface area contributed by atoms with Crippen molar-refractivity contribution >= 4 is 17.5 Å². The lowest BCUT2D eigenvalue weighted by Crippen LogP contribution is -2.52. The van der Waals surface area contributed by atoms with E-state index in [1.54, 1.807) is 6.07 Å². The largest absolute Gasteiger partial charge is 0.333 e. The molecule has 0 radical (unpaired) electrons. The van der Waals surface area contributed by atoms with Crippen LogP contribution in [0.15, 0.2) is 18.2 Å². The van der Waals surface area contributed by atoms with Gasteiger partial charge in [0.25, 0.3) is 5.91 Å². The van der Waals surface area contributed by atoms with E-state index in [1.807, 2.05) is 24.0 Å². The number of carbonyl (C=O) groups excluding carboxylic acids is 1. The van der Waals surface area contributed by atoms with E-state index in [4.69, 9.17) is 11.6 Å². The lowest BCUT2D eigenvalue weighted by atomic mass is 10.1. The smallest absolute Gasteiger partial charge is 0.254 e. The second-order valence-corrected chi connectivity index (χ2v) is 5.01. The molecule has 0 aliphatic carbocycles. The Balaban J connectivity index is 2.23. The van der Waals surface area contributed by atoms with Crippen molar-refractivity contribution in [2.24, 2.45) is 0 Å². The highest BCUT2D eigenvalue weighted by Crippen LogP contribution is 2.17. The molecule has 1 heterocycles. The molecule has 0 saturated carbocycles. The molecular weight excluding hydrogens is 236 g/mol. The number of aryl methyl sites for hydroxylation is 1. The van der Waals surface area contributed by atoms with Gasteiger partial charge in [0, 0.05) is 36.3 Å². The molecule has 0 aromatic heterocycles. The number of hydrogen-bond donors (Lipinski definition) is 1. The zero-order chi connectivity index (χ0) is 12.4. The summed E-state index contributed by atoms with van der Waals surface area (Å²) in [6, 6.07) is 5.73. The fraction of sp³-hybridized carbons (Fsp3) is 0.462. The number of piperazine rings is 1. The van der Waals surface area contributed by atoms with Gasteiger partial charge in [-0.2, -0.15) is 0 Å². The van der Waals surface area contributed by atoms with E-state index in [9.17, 15) is 4.79 Å². The van der Waals surface area contributed by atoms with Gasteiger partial charge in [-0.3, -0.25) is 4.79 Å². The predicted molar refractivity (Wildman–Crippen MR) is 69.6 cm³/mol. The first-order valence-electron chi connectivity index (χ1n) is 5.87. The van der Waals surface area contributed by atoms with E-state index in [1.165, 1.54) is 0 Å². The van der Waals surface area contributed by atoms with Crippen LogP contribution in [0.25, 0.3) is 0 Å². The monoisotopic (exact) mass is 252 g/mol. The Morgan fingerprint density at radius 3 is 2.88 bits per heavy atom. The Morgan fingerprint density at radius 2 is 2.24 bits per heavy atom. The summed E-state index contributed by atoms with van der Waals surface area (Å²) in [6.07, 6.45) is 0. The van der Waals surface area contributed by atoms with Crippen molar-refractivity contribution in [1.82, 2.24) is 10.2 Å². The maximum absolute atomic E-state index is 12.4. The van der Waals surface area contributed by atoms with Crippen LogP contribution in [0.5, 0.6) is 0 Å². The number of nitrogens with one attached hydrogen (secondary N) is 1. The van der Waals surface area contributed by atoms with Gasteiger partial charge < -0.3 is 10.2 Å². The summed E-state index contributed by atoms with van der Waals surface area (Å²) < 4.78 is 0. The summed E-state index contributed by atoms with van der Waals surface area (Å²) in [4.78, 5) is 14.3. The minimum Gasteiger partial charge on any atom is -0.333 e. The van der Waals surface area contributed by atoms with Crippen molar-refractivity contribution in [2.45, 2.75) is 19.9 Å². The third kappa shape index (κ3) is 2.79. The molecule has 1 aromatic carbocycles. The fourth-order valence-electron chi connectivity index (χ4n) is 2.17. The molecule has 3 nitrogen and oxygen atoms in total. The fourth-order valence-corrected chi connectivity index (χ4v) is 2.46. The average Bonchev–Trinajstić information content (AvgIpc) is 2.27. The molecule has 0 bridgehead atoms.